The van der Waals surface area contributed by atoms with Crippen LogP contribution < -0.4 is 9.47 Å². The van der Waals surface area contributed by atoms with Crippen LogP contribution in [-0.4, -0.2) is 24.8 Å². The number of hydrogen-bond donors (Lipinski definition) is 0. The minimum atomic E-state index is -0.636. The Hall–Kier alpha value is -3.14. The van der Waals surface area contributed by atoms with Crippen molar-refractivity contribution in [3.05, 3.63) is 77.4 Å². The van der Waals surface area contributed by atoms with Crippen LogP contribution in [0.15, 0.2) is 66.3 Å². The van der Waals surface area contributed by atoms with Gasteiger partial charge in [-0.3, -0.25) is 9.59 Å². The average molecular weight is 461 g/mol. The molecule has 0 spiro atoms. The number of unbranched alkanes of at least 4 members (excludes halogenated alkanes) is 2. The summed E-state index contributed by atoms with van der Waals surface area (Å²) in [4.78, 5) is 25.2. The predicted octanol–water partition coefficient (Wildman–Crippen LogP) is 6.95. The van der Waals surface area contributed by atoms with E-state index >= 15 is 0 Å². The van der Waals surface area contributed by atoms with Crippen LogP contribution in [0.5, 0.6) is 11.5 Å². The van der Waals surface area contributed by atoms with Crippen molar-refractivity contribution in [1.82, 2.24) is 0 Å². The Bertz CT molecular complexity index is 999. The topological polar surface area (TPSA) is 52.6 Å². The maximum Gasteiger partial charge on any atom is 0.167 e. The minimum Gasteiger partial charge on any atom is -0.494 e. The van der Waals surface area contributed by atoms with E-state index in [4.69, 9.17) is 9.47 Å². The first-order chi connectivity index (χ1) is 16.5. The molecule has 0 aliphatic heterocycles. The van der Waals surface area contributed by atoms with Gasteiger partial charge in [0.05, 0.1) is 19.1 Å². The van der Waals surface area contributed by atoms with Gasteiger partial charge in [-0.15, -0.1) is 0 Å². The van der Waals surface area contributed by atoms with Crippen molar-refractivity contribution in [3.63, 3.8) is 0 Å². The SMILES string of the molecule is CCCCOc1ccc(/C=C/C2=CC(=O)[C@H](C(C)=O)[C@H](c3ccc(OCCCC)cc3)C2)cc1. The van der Waals surface area contributed by atoms with Crippen LogP contribution in [0.1, 0.15) is 69.9 Å². The summed E-state index contributed by atoms with van der Waals surface area (Å²) < 4.78 is 11.5. The highest BCUT2D eigenvalue weighted by molar-refractivity contribution is 6.09. The van der Waals surface area contributed by atoms with Crippen molar-refractivity contribution in [3.8, 4) is 11.5 Å². The third-order valence-corrected chi connectivity index (χ3v) is 6.14. The summed E-state index contributed by atoms with van der Waals surface area (Å²) in [5.41, 5.74) is 2.96. The lowest BCUT2D eigenvalue weighted by molar-refractivity contribution is -0.130. The zero-order valence-electron chi connectivity index (χ0n) is 20.6. The van der Waals surface area contributed by atoms with Crippen LogP contribution in [0, 0.1) is 5.92 Å². The Kier molecular flexibility index (Phi) is 9.69. The molecule has 4 nitrogen and oxygen atoms in total. The van der Waals surface area contributed by atoms with Gasteiger partial charge in [0.2, 0.25) is 0 Å². The second-order valence-electron chi connectivity index (χ2n) is 8.90. The number of rotatable bonds is 12. The van der Waals surface area contributed by atoms with Crippen LogP contribution in [0.2, 0.25) is 0 Å². The van der Waals surface area contributed by atoms with E-state index in [-0.39, 0.29) is 17.5 Å². The van der Waals surface area contributed by atoms with Gasteiger partial charge in [-0.1, -0.05) is 63.1 Å². The molecule has 0 saturated carbocycles. The Morgan fingerprint density at radius 2 is 1.44 bits per heavy atom. The van der Waals surface area contributed by atoms with Crippen LogP contribution >= 0.6 is 0 Å². The highest BCUT2D eigenvalue weighted by atomic mass is 16.5. The monoisotopic (exact) mass is 460 g/mol. The van der Waals surface area contributed by atoms with Gasteiger partial charge in [-0.2, -0.15) is 0 Å². The summed E-state index contributed by atoms with van der Waals surface area (Å²) >= 11 is 0. The summed E-state index contributed by atoms with van der Waals surface area (Å²) in [5.74, 6) is 0.667. The molecule has 0 heterocycles. The summed E-state index contributed by atoms with van der Waals surface area (Å²) in [7, 11) is 0. The molecule has 180 valence electrons. The van der Waals surface area contributed by atoms with E-state index in [9.17, 15) is 9.59 Å². The molecule has 2 aromatic carbocycles. The lowest BCUT2D eigenvalue weighted by atomic mass is 9.73. The predicted molar refractivity (Wildman–Crippen MR) is 137 cm³/mol. The number of benzene rings is 2. The van der Waals surface area contributed by atoms with Gasteiger partial charge in [0.25, 0.3) is 0 Å². The quantitative estimate of drug-likeness (QED) is 0.254. The first-order valence-corrected chi connectivity index (χ1v) is 12.4. The van der Waals surface area contributed by atoms with E-state index in [2.05, 4.69) is 13.8 Å². The number of carbonyl (C=O) groups excluding carboxylic acids is 2. The van der Waals surface area contributed by atoms with Gasteiger partial charge in [0.1, 0.15) is 17.3 Å². The molecule has 3 rings (SSSR count). The Morgan fingerprint density at radius 3 is 1.97 bits per heavy atom. The molecule has 0 bridgehead atoms. The van der Waals surface area contributed by atoms with Crippen molar-refractivity contribution < 1.29 is 19.1 Å². The molecule has 0 amide bonds. The molecule has 0 unspecified atom stereocenters. The second kappa shape index (κ2) is 12.9. The first-order valence-electron chi connectivity index (χ1n) is 12.4. The number of hydrogen-bond acceptors (Lipinski definition) is 4. The van der Waals surface area contributed by atoms with Crippen molar-refractivity contribution >= 4 is 17.6 Å². The number of ketones is 2. The lowest BCUT2D eigenvalue weighted by Gasteiger charge is -2.28. The third-order valence-electron chi connectivity index (χ3n) is 6.14. The fourth-order valence-corrected chi connectivity index (χ4v) is 4.17. The zero-order chi connectivity index (χ0) is 24.3. The molecule has 0 N–H and O–H groups in total. The van der Waals surface area contributed by atoms with Crippen LogP contribution in [0.4, 0.5) is 0 Å². The highest BCUT2D eigenvalue weighted by Crippen LogP contribution is 2.38. The van der Waals surface area contributed by atoms with E-state index in [0.29, 0.717) is 13.0 Å². The minimum absolute atomic E-state index is 0.0868. The highest BCUT2D eigenvalue weighted by Gasteiger charge is 2.35. The molecule has 0 aromatic heterocycles. The van der Waals surface area contributed by atoms with Crippen molar-refractivity contribution in [1.29, 1.82) is 0 Å². The van der Waals surface area contributed by atoms with Crippen molar-refractivity contribution in [2.45, 2.75) is 58.8 Å². The fourth-order valence-electron chi connectivity index (χ4n) is 4.17. The second-order valence-corrected chi connectivity index (χ2v) is 8.90. The molecule has 0 fully saturated rings. The molecule has 0 saturated heterocycles. The smallest absolute Gasteiger partial charge is 0.167 e. The van der Waals surface area contributed by atoms with Crippen LogP contribution in [0.3, 0.4) is 0 Å². The van der Waals surface area contributed by atoms with Gasteiger partial charge in [0.15, 0.2) is 5.78 Å². The van der Waals surface area contributed by atoms with Gasteiger partial charge < -0.3 is 9.47 Å². The van der Waals surface area contributed by atoms with Gasteiger partial charge in [0, 0.05) is 5.92 Å². The molecule has 34 heavy (non-hydrogen) atoms. The Balaban J connectivity index is 1.71. The third kappa shape index (κ3) is 7.18. The molecule has 2 atom stereocenters. The molecule has 1 aliphatic rings. The van der Waals surface area contributed by atoms with E-state index in [0.717, 1.165) is 60.5 Å². The largest absolute Gasteiger partial charge is 0.494 e. The van der Waals surface area contributed by atoms with Gasteiger partial charge in [-0.05, 0) is 73.2 Å². The van der Waals surface area contributed by atoms with Crippen LogP contribution in [0.25, 0.3) is 6.08 Å². The summed E-state index contributed by atoms with van der Waals surface area (Å²) in [6.07, 6.45) is 10.5. The van der Waals surface area contributed by atoms with Crippen molar-refractivity contribution in [2.24, 2.45) is 5.92 Å². The number of ether oxygens (including phenoxy) is 2. The molecular formula is C30H36O4. The van der Waals surface area contributed by atoms with Crippen molar-refractivity contribution in [2.75, 3.05) is 13.2 Å². The molecule has 2 aromatic rings. The Labute approximate surface area is 203 Å². The standard InChI is InChI=1S/C30H36O4/c1-4-6-18-33-26-14-10-23(11-15-26)8-9-24-20-28(30(22(3)31)29(32)21-24)25-12-16-27(17-13-25)34-19-7-5-2/h8-17,21,28,30H,4-7,18-20H2,1-3H3/b9-8+/t28-,30+/m0/s1. The number of Topliss-reactive ketones (excluding diaryl/α,β-unsaturated/α-hetero) is 1. The van der Waals surface area contributed by atoms with E-state index in [1.54, 1.807) is 6.08 Å². The fraction of sp³-hybridized carbons (Fsp3) is 0.400. The maximum atomic E-state index is 12.9. The maximum absolute atomic E-state index is 12.9. The number of carbonyl (C=O) groups is 2. The first kappa shape index (κ1) is 25.5. The summed E-state index contributed by atoms with van der Waals surface area (Å²) in [5, 5.41) is 0. The average Bonchev–Trinajstić information content (AvgIpc) is 2.83. The molecular weight excluding hydrogens is 424 g/mol. The number of allylic oxidation sites excluding steroid dienone is 3. The van der Waals surface area contributed by atoms with Crippen LogP contribution in [-0.2, 0) is 9.59 Å². The van der Waals surface area contributed by atoms with Gasteiger partial charge in [-0.25, -0.2) is 0 Å². The van der Waals surface area contributed by atoms with E-state index in [1.807, 2.05) is 60.7 Å². The molecule has 1 aliphatic carbocycles. The zero-order valence-corrected chi connectivity index (χ0v) is 20.6. The molecule has 0 radical (unpaired) electrons. The van der Waals surface area contributed by atoms with E-state index in [1.165, 1.54) is 6.92 Å². The van der Waals surface area contributed by atoms with E-state index < -0.39 is 5.92 Å². The lowest BCUT2D eigenvalue weighted by Crippen LogP contribution is -2.31. The molecule has 4 heteroatoms. The van der Waals surface area contributed by atoms with Gasteiger partial charge >= 0.3 is 0 Å². The Morgan fingerprint density at radius 1 is 0.882 bits per heavy atom. The normalized spacial score (nSPS) is 18.1. The summed E-state index contributed by atoms with van der Waals surface area (Å²) in [6.45, 7) is 7.20. The summed E-state index contributed by atoms with van der Waals surface area (Å²) in [6, 6.07) is 15.8.